The van der Waals surface area contributed by atoms with E-state index >= 15 is 0 Å². The molecular weight excluding hydrogens is 308 g/mol. The quantitative estimate of drug-likeness (QED) is 0.800. The lowest BCUT2D eigenvalue weighted by atomic mass is 10.1. The Morgan fingerprint density at radius 3 is 2.86 bits per heavy atom. The van der Waals surface area contributed by atoms with Crippen molar-refractivity contribution in [2.75, 3.05) is 13.2 Å². The second kappa shape index (κ2) is 6.83. The molecular formula is C14H20N2O3S2. The summed E-state index contributed by atoms with van der Waals surface area (Å²) in [6, 6.07) is 4.95. The second-order valence-corrected chi connectivity index (χ2v) is 7.36. The molecule has 0 aliphatic carbocycles. The summed E-state index contributed by atoms with van der Waals surface area (Å²) in [4.78, 5) is 0.394. The minimum atomic E-state index is -3.59. The molecule has 1 fully saturated rings. The molecule has 1 unspecified atom stereocenters. The molecule has 1 aromatic carbocycles. The maximum absolute atomic E-state index is 12.4. The van der Waals surface area contributed by atoms with E-state index in [2.05, 4.69) is 4.72 Å². The molecule has 0 saturated carbocycles. The third-order valence-corrected chi connectivity index (χ3v) is 5.34. The Morgan fingerprint density at radius 1 is 1.48 bits per heavy atom. The second-order valence-electron chi connectivity index (χ2n) is 5.19. The van der Waals surface area contributed by atoms with E-state index in [0.29, 0.717) is 24.3 Å². The molecule has 5 nitrogen and oxygen atoms in total. The molecule has 0 spiro atoms. The number of hydrogen-bond acceptors (Lipinski definition) is 4. The lowest BCUT2D eigenvalue weighted by Crippen LogP contribution is -2.35. The molecule has 1 aliphatic rings. The predicted molar refractivity (Wildman–Crippen MR) is 85.8 cm³/mol. The highest BCUT2D eigenvalue weighted by Gasteiger charge is 2.21. The molecule has 1 atom stereocenters. The number of sulfonamides is 1. The minimum absolute atomic E-state index is 0.0485. The summed E-state index contributed by atoms with van der Waals surface area (Å²) >= 11 is 4.90. The van der Waals surface area contributed by atoms with Gasteiger partial charge in [-0.1, -0.05) is 24.4 Å². The molecule has 1 heterocycles. The van der Waals surface area contributed by atoms with Crippen LogP contribution in [0, 0.1) is 6.92 Å². The van der Waals surface area contributed by atoms with Crippen LogP contribution in [0.15, 0.2) is 23.1 Å². The van der Waals surface area contributed by atoms with Crippen LogP contribution in [0.25, 0.3) is 0 Å². The van der Waals surface area contributed by atoms with Gasteiger partial charge in [0.1, 0.15) is 4.99 Å². The number of ether oxygens (including phenoxy) is 1. The van der Waals surface area contributed by atoms with Crippen LogP contribution in [-0.2, 0) is 14.8 Å². The van der Waals surface area contributed by atoms with Gasteiger partial charge in [-0.05, 0) is 37.8 Å². The van der Waals surface area contributed by atoms with Gasteiger partial charge >= 0.3 is 0 Å². The van der Waals surface area contributed by atoms with E-state index in [1.165, 1.54) is 6.07 Å². The average Bonchev–Trinajstić information content (AvgIpc) is 2.46. The summed E-state index contributed by atoms with van der Waals surface area (Å²) in [5.41, 5.74) is 6.77. The monoisotopic (exact) mass is 328 g/mol. The Kier molecular flexibility index (Phi) is 5.32. The topological polar surface area (TPSA) is 81.4 Å². The van der Waals surface area contributed by atoms with Crippen molar-refractivity contribution in [3.63, 3.8) is 0 Å². The first-order valence-corrected chi connectivity index (χ1v) is 8.81. The predicted octanol–water partition coefficient (Wildman–Crippen LogP) is 1.48. The van der Waals surface area contributed by atoms with E-state index in [1.807, 2.05) is 0 Å². The van der Waals surface area contributed by atoms with Gasteiger partial charge in [0, 0.05) is 18.7 Å². The highest BCUT2D eigenvalue weighted by Crippen LogP contribution is 2.18. The van der Waals surface area contributed by atoms with Gasteiger partial charge in [0.15, 0.2) is 0 Å². The zero-order chi connectivity index (χ0) is 15.5. The van der Waals surface area contributed by atoms with Gasteiger partial charge in [0.05, 0.1) is 11.0 Å². The average molecular weight is 328 g/mol. The van der Waals surface area contributed by atoms with Gasteiger partial charge < -0.3 is 10.5 Å². The van der Waals surface area contributed by atoms with Crippen molar-refractivity contribution in [3.05, 3.63) is 29.3 Å². The first-order chi connectivity index (χ1) is 9.90. The largest absolute Gasteiger partial charge is 0.389 e. The molecule has 2 rings (SSSR count). The van der Waals surface area contributed by atoms with Crippen molar-refractivity contribution in [3.8, 4) is 0 Å². The lowest BCUT2D eigenvalue weighted by Gasteiger charge is -2.23. The maximum Gasteiger partial charge on any atom is 0.240 e. The number of rotatable bonds is 5. The van der Waals surface area contributed by atoms with Crippen LogP contribution in [0.4, 0.5) is 0 Å². The molecule has 1 aliphatic heterocycles. The number of nitrogens with two attached hydrogens (primary N) is 1. The highest BCUT2D eigenvalue weighted by atomic mass is 32.2. The van der Waals surface area contributed by atoms with Crippen LogP contribution >= 0.6 is 12.2 Å². The minimum Gasteiger partial charge on any atom is -0.389 e. The molecule has 7 heteroatoms. The fourth-order valence-electron chi connectivity index (χ4n) is 2.29. The van der Waals surface area contributed by atoms with Crippen LogP contribution in [0.1, 0.15) is 30.4 Å². The highest BCUT2D eigenvalue weighted by molar-refractivity contribution is 7.89. The molecule has 0 amide bonds. The van der Waals surface area contributed by atoms with Gasteiger partial charge in [0.2, 0.25) is 10.0 Å². The maximum atomic E-state index is 12.4. The van der Waals surface area contributed by atoms with E-state index in [-0.39, 0.29) is 16.0 Å². The normalized spacial score (nSPS) is 19.4. The number of hydrogen-bond donors (Lipinski definition) is 2. The summed E-state index contributed by atoms with van der Waals surface area (Å²) in [6.07, 6.45) is 2.95. The standard InChI is InChI=1S/C14H20N2O3S2/c1-10-5-6-11(14(15)20)8-13(10)21(17,18)16-9-12-4-2-3-7-19-12/h5-6,8,12,16H,2-4,7,9H2,1H3,(H2,15,20). The third-order valence-electron chi connectivity index (χ3n) is 3.54. The molecule has 0 bridgehead atoms. The fourth-order valence-corrected chi connectivity index (χ4v) is 3.75. The zero-order valence-corrected chi connectivity index (χ0v) is 13.6. The molecule has 21 heavy (non-hydrogen) atoms. The number of aryl methyl sites for hydroxylation is 1. The van der Waals surface area contributed by atoms with E-state index in [4.69, 9.17) is 22.7 Å². The summed E-state index contributed by atoms with van der Waals surface area (Å²) in [5.74, 6) is 0. The van der Waals surface area contributed by atoms with Crippen molar-refractivity contribution in [1.29, 1.82) is 0 Å². The number of nitrogens with one attached hydrogen (secondary N) is 1. The summed E-state index contributed by atoms with van der Waals surface area (Å²) in [5, 5.41) is 0. The van der Waals surface area contributed by atoms with Crippen LogP contribution in [0.5, 0.6) is 0 Å². The Hall–Kier alpha value is -1.02. The SMILES string of the molecule is Cc1ccc(C(N)=S)cc1S(=O)(=O)NCC1CCCCO1. The van der Waals surface area contributed by atoms with Gasteiger partial charge in [-0.15, -0.1) is 0 Å². The van der Waals surface area contributed by atoms with Crippen LogP contribution in [0.3, 0.4) is 0 Å². The van der Waals surface area contributed by atoms with Crippen LogP contribution < -0.4 is 10.5 Å². The van der Waals surface area contributed by atoms with Crippen LogP contribution in [-0.4, -0.2) is 32.7 Å². The van der Waals surface area contributed by atoms with E-state index in [1.54, 1.807) is 19.1 Å². The van der Waals surface area contributed by atoms with Crippen molar-refractivity contribution in [1.82, 2.24) is 4.72 Å². The number of thiocarbonyl (C=S) groups is 1. The van der Waals surface area contributed by atoms with Gasteiger partial charge in [0.25, 0.3) is 0 Å². The van der Waals surface area contributed by atoms with Gasteiger partial charge in [-0.3, -0.25) is 0 Å². The van der Waals surface area contributed by atoms with Gasteiger partial charge in [-0.2, -0.15) is 0 Å². The van der Waals surface area contributed by atoms with Crippen molar-refractivity contribution in [2.24, 2.45) is 5.73 Å². The first kappa shape index (κ1) is 16.4. The Labute approximate surface area is 130 Å². The van der Waals surface area contributed by atoms with Crippen molar-refractivity contribution < 1.29 is 13.2 Å². The molecule has 0 radical (unpaired) electrons. The lowest BCUT2D eigenvalue weighted by molar-refractivity contribution is 0.0200. The fraction of sp³-hybridized carbons (Fsp3) is 0.500. The molecule has 1 saturated heterocycles. The van der Waals surface area contributed by atoms with Crippen molar-refractivity contribution >= 4 is 27.2 Å². The van der Waals surface area contributed by atoms with E-state index in [0.717, 1.165) is 19.3 Å². The Morgan fingerprint density at radius 2 is 2.24 bits per heavy atom. The molecule has 116 valence electrons. The summed E-state index contributed by atoms with van der Waals surface area (Å²) in [6.45, 7) is 2.73. The van der Waals surface area contributed by atoms with Gasteiger partial charge in [-0.25, -0.2) is 13.1 Å². The summed E-state index contributed by atoms with van der Waals surface area (Å²) < 4.78 is 33.0. The zero-order valence-electron chi connectivity index (χ0n) is 12.0. The smallest absolute Gasteiger partial charge is 0.240 e. The van der Waals surface area contributed by atoms with Crippen molar-refractivity contribution in [2.45, 2.75) is 37.2 Å². The molecule has 1 aromatic rings. The van der Waals surface area contributed by atoms with E-state index < -0.39 is 10.0 Å². The summed E-state index contributed by atoms with van der Waals surface area (Å²) in [7, 11) is -3.59. The Balaban J connectivity index is 2.14. The number of benzene rings is 1. The van der Waals surface area contributed by atoms with Crippen LogP contribution in [0.2, 0.25) is 0 Å². The third kappa shape index (κ3) is 4.23. The molecule has 3 N–H and O–H groups in total. The Bertz CT molecular complexity index is 623. The van der Waals surface area contributed by atoms with E-state index in [9.17, 15) is 8.42 Å². The first-order valence-electron chi connectivity index (χ1n) is 6.92. The molecule has 0 aromatic heterocycles.